The molecule has 28 heavy (non-hydrogen) atoms. The van der Waals surface area contributed by atoms with Crippen molar-refractivity contribution < 1.29 is 18.7 Å². The first-order valence-electron chi connectivity index (χ1n) is 9.38. The van der Waals surface area contributed by atoms with E-state index in [1.54, 1.807) is 6.92 Å². The number of hydrogen-bond donors (Lipinski definition) is 0. The minimum absolute atomic E-state index is 0.0245. The van der Waals surface area contributed by atoms with E-state index in [0.29, 0.717) is 16.7 Å². The zero-order valence-electron chi connectivity index (χ0n) is 15.3. The average Bonchev–Trinajstić information content (AvgIpc) is 2.89. The first-order valence-corrected chi connectivity index (χ1v) is 9.38. The standard InChI is InChI=1S/C23H18O5/c1-2-26-23(25)17-12-18(24)28-22-19-13-7-3-4-8-14(11-13)27-21(19)16-10-6-5-9-15(16)20(17)22/h3-10,12-14H,2,11H2,1H3. The molecule has 2 bridgehead atoms. The van der Waals surface area contributed by atoms with Gasteiger partial charge >= 0.3 is 11.6 Å². The summed E-state index contributed by atoms with van der Waals surface area (Å²) >= 11 is 0. The van der Waals surface area contributed by atoms with Crippen LogP contribution in [0.5, 0.6) is 5.75 Å². The first-order chi connectivity index (χ1) is 13.7. The summed E-state index contributed by atoms with van der Waals surface area (Å²) in [6, 6.07) is 8.93. The van der Waals surface area contributed by atoms with Gasteiger partial charge in [0.25, 0.3) is 0 Å². The second kappa shape index (κ2) is 6.37. The molecule has 1 aromatic heterocycles. The monoisotopic (exact) mass is 374 g/mol. The summed E-state index contributed by atoms with van der Waals surface area (Å²) in [6.07, 6.45) is 8.78. The molecule has 2 aliphatic rings. The highest BCUT2D eigenvalue weighted by Gasteiger charge is 2.33. The van der Waals surface area contributed by atoms with Gasteiger partial charge in [0, 0.05) is 28.3 Å². The molecule has 1 aliphatic carbocycles. The molecule has 3 aromatic rings. The predicted molar refractivity (Wildman–Crippen MR) is 106 cm³/mol. The fourth-order valence-corrected chi connectivity index (χ4v) is 4.18. The number of carbonyl (C=O) groups excluding carboxylic acids is 1. The summed E-state index contributed by atoms with van der Waals surface area (Å²) in [7, 11) is 0. The van der Waals surface area contributed by atoms with Gasteiger partial charge in [-0.3, -0.25) is 0 Å². The van der Waals surface area contributed by atoms with Gasteiger partial charge in [0.2, 0.25) is 0 Å². The summed E-state index contributed by atoms with van der Waals surface area (Å²) in [5.41, 5.74) is 0.864. The van der Waals surface area contributed by atoms with Crippen LogP contribution in [0.15, 0.2) is 63.8 Å². The molecule has 0 amide bonds. The Morgan fingerprint density at radius 2 is 1.96 bits per heavy atom. The van der Waals surface area contributed by atoms with Crippen LogP contribution >= 0.6 is 0 Å². The molecule has 140 valence electrons. The van der Waals surface area contributed by atoms with Crippen molar-refractivity contribution in [3.8, 4) is 5.75 Å². The topological polar surface area (TPSA) is 65.7 Å². The van der Waals surface area contributed by atoms with E-state index in [2.05, 4.69) is 6.08 Å². The number of esters is 1. The van der Waals surface area contributed by atoms with E-state index in [0.717, 1.165) is 22.8 Å². The molecular formula is C23H18O5. The molecule has 0 saturated carbocycles. The largest absolute Gasteiger partial charge is 0.485 e. The number of carbonyl (C=O) groups is 1. The fraction of sp³-hybridized carbons (Fsp3) is 0.217. The lowest BCUT2D eigenvalue weighted by Crippen LogP contribution is -2.23. The van der Waals surface area contributed by atoms with Crippen LogP contribution < -0.4 is 10.4 Å². The van der Waals surface area contributed by atoms with Crippen molar-refractivity contribution >= 4 is 27.7 Å². The summed E-state index contributed by atoms with van der Waals surface area (Å²) in [6.45, 7) is 1.97. The molecule has 0 spiro atoms. The van der Waals surface area contributed by atoms with Gasteiger partial charge in [-0.25, -0.2) is 9.59 Å². The van der Waals surface area contributed by atoms with Crippen molar-refractivity contribution in [3.05, 3.63) is 76.2 Å². The second-order valence-electron chi connectivity index (χ2n) is 6.96. The number of benzene rings is 2. The highest BCUT2D eigenvalue weighted by atomic mass is 16.5. The zero-order chi connectivity index (χ0) is 19.3. The van der Waals surface area contributed by atoms with E-state index in [9.17, 15) is 9.59 Å². The SMILES string of the molecule is CCOC(=O)c1cc(=O)oc2c3c(c4ccccc4c12)OC1C=CC=CC3C1. The van der Waals surface area contributed by atoms with E-state index in [-0.39, 0.29) is 24.2 Å². The third-order valence-electron chi connectivity index (χ3n) is 5.29. The van der Waals surface area contributed by atoms with Crippen molar-refractivity contribution in [1.29, 1.82) is 0 Å². The molecular weight excluding hydrogens is 356 g/mol. The molecule has 0 fully saturated rings. The van der Waals surface area contributed by atoms with E-state index in [1.165, 1.54) is 6.07 Å². The van der Waals surface area contributed by atoms with Gasteiger partial charge in [0.15, 0.2) is 0 Å². The lowest BCUT2D eigenvalue weighted by molar-refractivity contribution is 0.0528. The van der Waals surface area contributed by atoms with Crippen LogP contribution in [0.1, 0.15) is 35.2 Å². The maximum atomic E-state index is 12.6. The predicted octanol–water partition coefficient (Wildman–Crippen LogP) is 4.48. The quantitative estimate of drug-likeness (QED) is 0.376. The number of fused-ring (bicyclic) bond motifs is 9. The normalized spacial score (nSPS) is 19.9. The van der Waals surface area contributed by atoms with Crippen LogP contribution in [0.2, 0.25) is 0 Å². The van der Waals surface area contributed by atoms with Crippen LogP contribution in [0.25, 0.3) is 21.7 Å². The zero-order valence-corrected chi connectivity index (χ0v) is 15.3. The van der Waals surface area contributed by atoms with Gasteiger partial charge in [0.05, 0.1) is 12.2 Å². The Bertz CT molecular complexity index is 1230. The van der Waals surface area contributed by atoms with Gasteiger partial charge in [-0.2, -0.15) is 0 Å². The lowest BCUT2D eigenvalue weighted by Gasteiger charge is -2.30. The lowest BCUT2D eigenvalue weighted by atomic mass is 9.85. The van der Waals surface area contributed by atoms with Gasteiger partial charge in [-0.1, -0.05) is 42.5 Å². The average molecular weight is 374 g/mol. The van der Waals surface area contributed by atoms with Crippen molar-refractivity contribution in [1.82, 2.24) is 0 Å². The number of hydrogen-bond acceptors (Lipinski definition) is 5. The van der Waals surface area contributed by atoms with Crippen LogP contribution in [0, 0.1) is 0 Å². The third-order valence-corrected chi connectivity index (χ3v) is 5.29. The molecule has 1 aliphatic heterocycles. The third kappa shape index (κ3) is 2.47. The number of ether oxygens (including phenoxy) is 2. The maximum Gasteiger partial charge on any atom is 0.339 e. The van der Waals surface area contributed by atoms with Crippen LogP contribution in [0.4, 0.5) is 0 Å². The Labute approximate surface area is 160 Å². The van der Waals surface area contributed by atoms with Gasteiger partial charge in [-0.15, -0.1) is 0 Å². The number of allylic oxidation sites excluding steroid dienone is 3. The van der Waals surface area contributed by atoms with E-state index >= 15 is 0 Å². The molecule has 0 radical (unpaired) electrons. The summed E-state index contributed by atoms with van der Waals surface area (Å²) in [5.74, 6) is 0.208. The van der Waals surface area contributed by atoms with Crippen molar-refractivity contribution in [3.63, 3.8) is 0 Å². The molecule has 5 heteroatoms. The molecule has 2 heterocycles. The van der Waals surface area contributed by atoms with Crippen molar-refractivity contribution in [2.24, 2.45) is 0 Å². The summed E-state index contributed by atoms with van der Waals surface area (Å²) < 4.78 is 17.2. The Kier molecular flexibility index (Phi) is 3.83. The molecule has 5 nitrogen and oxygen atoms in total. The van der Waals surface area contributed by atoms with Crippen molar-refractivity contribution in [2.45, 2.75) is 25.4 Å². The van der Waals surface area contributed by atoms with Gasteiger partial charge < -0.3 is 13.9 Å². The minimum atomic E-state index is -0.578. The molecule has 5 rings (SSSR count). The van der Waals surface area contributed by atoms with Crippen LogP contribution in [0.3, 0.4) is 0 Å². The Balaban J connectivity index is 1.96. The van der Waals surface area contributed by atoms with Crippen LogP contribution in [-0.4, -0.2) is 18.7 Å². The highest BCUT2D eigenvalue weighted by molar-refractivity contribution is 6.18. The van der Waals surface area contributed by atoms with E-state index in [4.69, 9.17) is 13.9 Å². The van der Waals surface area contributed by atoms with Crippen LogP contribution in [-0.2, 0) is 4.74 Å². The Hall–Kier alpha value is -3.34. The first kappa shape index (κ1) is 16.8. The maximum absolute atomic E-state index is 12.6. The Morgan fingerprint density at radius 1 is 1.18 bits per heavy atom. The number of rotatable bonds is 2. The molecule has 2 aromatic carbocycles. The van der Waals surface area contributed by atoms with E-state index < -0.39 is 11.6 Å². The molecule has 0 N–H and O–H groups in total. The Morgan fingerprint density at radius 3 is 2.79 bits per heavy atom. The summed E-state index contributed by atoms with van der Waals surface area (Å²) in [5, 5.41) is 2.29. The molecule has 2 atom stereocenters. The minimum Gasteiger partial charge on any atom is -0.485 e. The summed E-state index contributed by atoms with van der Waals surface area (Å²) in [4.78, 5) is 25.0. The smallest absolute Gasteiger partial charge is 0.339 e. The van der Waals surface area contributed by atoms with Gasteiger partial charge in [-0.05, 0) is 24.8 Å². The molecule has 2 unspecified atom stereocenters. The fourth-order valence-electron chi connectivity index (χ4n) is 4.18. The van der Waals surface area contributed by atoms with E-state index in [1.807, 2.05) is 42.5 Å². The highest BCUT2D eigenvalue weighted by Crippen LogP contribution is 2.48. The van der Waals surface area contributed by atoms with Crippen molar-refractivity contribution in [2.75, 3.05) is 6.61 Å². The molecule has 0 saturated heterocycles. The second-order valence-corrected chi connectivity index (χ2v) is 6.96. The van der Waals surface area contributed by atoms with Gasteiger partial charge in [0.1, 0.15) is 17.4 Å².